The van der Waals surface area contributed by atoms with Crippen molar-refractivity contribution in [3.8, 4) is 5.75 Å². The molecule has 1 fully saturated rings. The Morgan fingerprint density at radius 2 is 1.93 bits per heavy atom. The molecule has 0 spiro atoms. The highest BCUT2D eigenvalue weighted by molar-refractivity contribution is 7.89. The van der Waals surface area contributed by atoms with E-state index in [1.807, 2.05) is 0 Å². The van der Waals surface area contributed by atoms with Crippen LogP contribution >= 0.6 is 0 Å². The summed E-state index contributed by atoms with van der Waals surface area (Å²) in [6.07, 6.45) is 3.34. The topological polar surface area (TPSA) is 75.7 Å². The summed E-state index contributed by atoms with van der Waals surface area (Å²) in [4.78, 5) is 12.8. The summed E-state index contributed by atoms with van der Waals surface area (Å²) in [6.45, 7) is 7.13. The second kappa shape index (κ2) is 9.24. The molecule has 2 aromatic rings. The summed E-state index contributed by atoms with van der Waals surface area (Å²) in [5.74, 6) is 0.762. The Balaban J connectivity index is 1.75. The monoisotopic (exact) mass is 414 g/mol. The fraction of sp³-hybridized carbons (Fsp3) is 0.318. The number of amides is 1. The number of nitrogens with one attached hydrogen (secondary N) is 1. The molecule has 0 saturated carbocycles. The average Bonchev–Trinajstić information content (AvgIpc) is 2.73. The Bertz CT molecular complexity index is 980. The Morgan fingerprint density at radius 1 is 1.21 bits per heavy atom. The Morgan fingerprint density at radius 3 is 2.66 bits per heavy atom. The molecule has 154 valence electrons. The van der Waals surface area contributed by atoms with E-state index in [4.69, 9.17) is 4.74 Å². The molecule has 1 amide bonds. The first-order valence-electron chi connectivity index (χ1n) is 9.65. The number of hydrogen-bond acceptors (Lipinski definition) is 4. The third-order valence-corrected chi connectivity index (χ3v) is 6.83. The lowest BCUT2D eigenvalue weighted by Crippen LogP contribution is -2.37. The minimum Gasteiger partial charge on any atom is -0.489 e. The van der Waals surface area contributed by atoms with Crippen molar-refractivity contribution < 1.29 is 17.9 Å². The van der Waals surface area contributed by atoms with E-state index >= 15 is 0 Å². The molecule has 0 unspecified atom stereocenters. The van der Waals surface area contributed by atoms with Gasteiger partial charge in [-0.1, -0.05) is 31.7 Å². The number of benzene rings is 2. The van der Waals surface area contributed by atoms with Crippen molar-refractivity contribution in [3.05, 3.63) is 66.7 Å². The molecule has 1 aliphatic rings. The molecule has 0 radical (unpaired) electrons. The molecule has 7 heteroatoms. The molecule has 29 heavy (non-hydrogen) atoms. The molecule has 0 aliphatic carbocycles. The van der Waals surface area contributed by atoms with E-state index in [9.17, 15) is 13.2 Å². The number of carbonyl (C=O) groups is 1. The molecule has 1 saturated heterocycles. The van der Waals surface area contributed by atoms with Gasteiger partial charge in [0.05, 0.1) is 4.90 Å². The number of carbonyl (C=O) groups excluding carboxylic acids is 1. The first kappa shape index (κ1) is 21.1. The fourth-order valence-electron chi connectivity index (χ4n) is 3.19. The van der Waals surface area contributed by atoms with Crippen molar-refractivity contribution in [2.75, 3.05) is 25.0 Å². The number of ether oxygens (including phenoxy) is 1. The Labute approximate surface area is 172 Å². The molecule has 3 rings (SSSR count). The van der Waals surface area contributed by atoms with E-state index in [2.05, 4.69) is 18.8 Å². The lowest BCUT2D eigenvalue weighted by molar-refractivity contribution is 0.102. The van der Waals surface area contributed by atoms with Gasteiger partial charge in [0.15, 0.2) is 0 Å². The average molecular weight is 415 g/mol. The molecular weight excluding hydrogens is 388 g/mol. The fourth-order valence-corrected chi connectivity index (χ4v) is 4.71. The van der Waals surface area contributed by atoms with Gasteiger partial charge in [-0.05, 0) is 49.1 Å². The van der Waals surface area contributed by atoms with E-state index in [0.29, 0.717) is 37.1 Å². The van der Waals surface area contributed by atoms with Gasteiger partial charge in [0.25, 0.3) is 5.91 Å². The van der Waals surface area contributed by atoms with Crippen molar-refractivity contribution in [1.82, 2.24) is 4.31 Å². The van der Waals surface area contributed by atoms with Crippen molar-refractivity contribution in [3.63, 3.8) is 0 Å². The first-order valence-corrected chi connectivity index (χ1v) is 11.1. The van der Waals surface area contributed by atoms with E-state index in [-0.39, 0.29) is 16.4 Å². The van der Waals surface area contributed by atoms with Gasteiger partial charge in [-0.3, -0.25) is 4.79 Å². The molecule has 1 aliphatic heterocycles. The number of nitrogens with zero attached hydrogens (tertiary/aromatic N) is 1. The van der Waals surface area contributed by atoms with Crippen LogP contribution in [0.15, 0.2) is 66.1 Å². The Hall–Kier alpha value is -2.64. The predicted octanol–water partition coefficient (Wildman–Crippen LogP) is 3.92. The number of piperidine rings is 1. The molecule has 1 heterocycles. The van der Waals surface area contributed by atoms with Gasteiger partial charge in [0.2, 0.25) is 10.0 Å². The van der Waals surface area contributed by atoms with Crippen LogP contribution in [-0.4, -0.2) is 38.3 Å². The standard InChI is InChI=1S/C22H26N2O4S/c1-3-14-28-20-8-5-7-19(16-20)23-22(25)18-6-4-9-21(15-18)29(26,27)24-12-10-17(2)11-13-24/h3-9,15-17H,1,10-14H2,2H3,(H,23,25). The quantitative estimate of drug-likeness (QED) is 0.697. The molecule has 6 nitrogen and oxygen atoms in total. The molecule has 2 aromatic carbocycles. The van der Waals surface area contributed by atoms with Crippen LogP contribution in [-0.2, 0) is 10.0 Å². The Kier molecular flexibility index (Phi) is 6.71. The zero-order valence-electron chi connectivity index (χ0n) is 16.5. The molecular formula is C22H26N2O4S. The summed E-state index contributed by atoms with van der Waals surface area (Å²) in [5, 5.41) is 2.79. The highest BCUT2D eigenvalue weighted by Gasteiger charge is 2.28. The van der Waals surface area contributed by atoms with Gasteiger partial charge in [-0.25, -0.2) is 8.42 Å². The van der Waals surface area contributed by atoms with Gasteiger partial charge in [0, 0.05) is 30.4 Å². The maximum absolute atomic E-state index is 12.9. The van der Waals surface area contributed by atoms with Crippen LogP contribution in [0, 0.1) is 5.92 Å². The minimum atomic E-state index is -3.61. The van der Waals surface area contributed by atoms with Gasteiger partial charge in [-0.15, -0.1) is 0 Å². The van der Waals surface area contributed by atoms with Crippen LogP contribution in [0.2, 0.25) is 0 Å². The van der Waals surface area contributed by atoms with E-state index in [1.54, 1.807) is 42.5 Å². The smallest absolute Gasteiger partial charge is 0.255 e. The van der Waals surface area contributed by atoms with Crippen molar-refractivity contribution in [1.29, 1.82) is 0 Å². The van der Waals surface area contributed by atoms with E-state index in [0.717, 1.165) is 12.8 Å². The van der Waals surface area contributed by atoms with Crippen LogP contribution in [0.4, 0.5) is 5.69 Å². The van der Waals surface area contributed by atoms with Gasteiger partial charge < -0.3 is 10.1 Å². The van der Waals surface area contributed by atoms with Crippen molar-refractivity contribution >= 4 is 21.6 Å². The second-order valence-electron chi connectivity index (χ2n) is 7.20. The largest absolute Gasteiger partial charge is 0.489 e. The third-order valence-electron chi connectivity index (χ3n) is 4.94. The lowest BCUT2D eigenvalue weighted by Gasteiger charge is -2.29. The number of anilines is 1. The van der Waals surface area contributed by atoms with E-state index < -0.39 is 10.0 Å². The third kappa shape index (κ3) is 5.25. The van der Waals surface area contributed by atoms with Gasteiger partial charge in [0.1, 0.15) is 12.4 Å². The maximum Gasteiger partial charge on any atom is 0.255 e. The SMILES string of the molecule is C=CCOc1cccc(NC(=O)c2cccc(S(=O)(=O)N3CCC(C)CC3)c2)c1. The summed E-state index contributed by atoms with van der Waals surface area (Å²) in [6, 6.07) is 13.2. The summed E-state index contributed by atoms with van der Waals surface area (Å²) in [5.41, 5.74) is 0.851. The van der Waals surface area contributed by atoms with Crippen LogP contribution in [0.3, 0.4) is 0 Å². The number of sulfonamides is 1. The first-order chi connectivity index (χ1) is 13.9. The number of rotatable bonds is 7. The van der Waals surface area contributed by atoms with Crippen molar-refractivity contribution in [2.45, 2.75) is 24.7 Å². The molecule has 0 aromatic heterocycles. The predicted molar refractivity (Wildman–Crippen MR) is 114 cm³/mol. The van der Waals surface area contributed by atoms with Crippen molar-refractivity contribution in [2.24, 2.45) is 5.92 Å². The van der Waals surface area contributed by atoms with Crippen LogP contribution < -0.4 is 10.1 Å². The minimum absolute atomic E-state index is 0.141. The van der Waals surface area contributed by atoms with Crippen LogP contribution in [0.5, 0.6) is 5.75 Å². The zero-order valence-corrected chi connectivity index (χ0v) is 17.3. The van der Waals surface area contributed by atoms with Gasteiger partial charge >= 0.3 is 0 Å². The van der Waals surface area contributed by atoms with Crippen LogP contribution in [0.25, 0.3) is 0 Å². The van der Waals surface area contributed by atoms with Gasteiger partial charge in [-0.2, -0.15) is 4.31 Å². The summed E-state index contributed by atoms with van der Waals surface area (Å²) >= 11 is 0. The molecule has 0 atom stereocenters. The molecule has 1 N–H and O–H groups in total. The van der Waals surface area contributed by atoms with Crippen LogP contribution in [0.1, 0.15) is 30.1 Å². The second-order valence-corrected chi connectivity index (χ2v) is 9.13. The zero-order chi connectivity index (χ0) is 20.9. The molecule has 0 bridgehead atoms. The number of hydrogen-bond donors (Lipinski definition) is 1. The van der Waals surface area contributed by atoms with E-state index in [1.165, 1.54) is 16.4 Å². The highest BCUT2D eigenvalue weighted by atomic mass is 32.2. The summed E-state index contributed by atoms with van der Waals surface area (Å²) in [7, 11) is -3.61. The highest BCUT2D eigenvalue weighted by Crippen LogP contribution is 2.24. The normalized spacial score (nSPS) is 15.6. The lowest BCUT2D eigenvalue weighted by atomic mass is 10.0. The summed E-state index contributed by atoms with van der Waals surface area (Å²) < 4.78 is 32.9. The maximum atomic E-state index is 12.9.